The van der Waals surface area contributed by atoms with Gasteiger partial charge in [-0.15, -0.1) is 5.10 Å². The first-order chi connectivity index (χ1) is 9.56. The zero-order chi connectivity index (χ0) is 14.7. The molecule has 2 rings (SSSR count). The molecule has 0 fully saturated rings. The second kappa shape index (κ2) is 5.58. The zero-order valence-corrected chi connectivity index (χ0v) is 11.2. The minimum Gasteiger partial charge on any atom is -0.270 e. The summed E-state index contributed by atoms with van der Waals surface area (Å²) in [6.07, 6.45) is 0. The number of hydrogen-bond acceptors (Lipinski definition) is 6. The predicted molar refractivity (Wildman–Crippen MR) is 70.5 cm³/mol. The third-order valence-electron chi connectivity index (χ3n) is 2.53. The van der Waals surface area contributed by atoms with Crippen LogP contribution in [-0.4, -0.2) is 19.7 Å². The fourth-order valence-corrected chi connectivity index (χ4v) is 2.53. The van der Waals surface area contributed by atoms with Gasteiger partial charge in [0.1, 0.15) is 11.6 Å². The van der Waals surface area contributed by atoms with Gasteiger partial charge in [0.15, 0.2) is 5.16 Å². The fraction of sp³-hybridized carbons (Fsp3) is 0.182. The highest BCUT2D eigenvalue weighted by molar-refractivity contribution is 7.99. The molecule has 0 aliphatic heterocycles. The number of H-pyrrole nitrogens is 1. The molecule has 9 heteroatoms. The van der Waals surface area contributed by atoms with Crippen molar-refractivity contribution in [3.8, 4) is 6.07 Å². The molecule has 0 amide bonds. The number of aromatic nitrogens is 3. The number of aromatic amines is 1. The highest BCUT2D eigenvalue weighted by Crippen LogP contribution is 2.29. The van der Waals surface area contributed by atoms with Crippen molar-refractivity contribution < 1.29 is 4.92 Å². The van der Waals surface area contributed by atoms with Gasteiger partial charge in [0.25, 0.3) is 5.69 Å². The topological polar surface area (TPSA) is 118 Å². The van der Waals surface area contributed by atoms with E-state index in [1.807, 2.05) is 0 Å². The first kappa shape index (κ1) is 13.8. The van der Waals surface area contributed by atoms with Crippen LogP contribution in [0.1, 0.15) is 12.5 Å². The summed E-state index contributed by atoms with van der Waals surface area (Å²) in [6, 6.07) is 5.97. The summed E-state index contributed by atoms with van der Waals surface area (Å²) in [6.45, 7) is 2.26. The van der Waals surface area contributed by atoms with Gasteiger partial charge in [0.05, 0.1) is 4.92 Å². The summed E-state index contributed by atoms with van der Waals surface area (Å²) in [5.41, 5.74) is -0.592. The molecule has 1 aromatic heterocycles. The Morgan fingerprint density at radius 3 is 2.95 bits per heavy atom. The number of nitro groups is 1. The van der Waals surface area contributed by atoms with Crippen molar-refractivity contribution >= 4 is 17.4 Å². The fourth-order valence-electron chi connectivity index (χ4n) is 1.59. The Bertz CT molecular complexity index is 758. The van der Waals surface area contributed by atoms with Crippen molar-refractivity contribution in [3.63, 3.8) is 0 Å². The highest BCUT2D eigenvalue weighted by Gasteiger charge is 2.15. The number of rotatable bonds is 4. The summed E-state index contributed by atoms with van der Waals surface area (Å²) in [7, 11) is 0. The van der Waals surface area contributed by atoms with E-state index < -0.39 is 4.92 Å². The maximum atomic E-state index is 11.4. The standard InChI is InChI=1S/C11H9N5O3S/c1-2-15-10(17)13-14-11(15)20-8-3-4-9(16(18)19)7(5-8)6-12/h3-5H,2H2,1H3,(H,13,17). The molecule has 0 saturated carbocycles. The molecule has 0 spiro atoms. The van der Waals surface area contributed by atoms with E-state index >= 15 is 0 Å². The number of benzene rings is 1. The van der Waals surface area contributed by atoms with Gasteiger partial charge in [-0.2, -0.15) is 5.26 Å². The molecular formula is C11H9N5O3S. The van der Waals surface area contributed by atoms with Gasteiger partial charge < -0.3 is 0 Å². The van der Waals surface area contributed by atoms with Crippen molar-refractivity contribution in [1.82, 2.24) is 14.8 Å². The Balaban J connectivity index is 2.38. The predicted octanol–water partition coefficient (Wildman–Crippen LogP) is 1.52. The molecule has 1 aromatic carbocycles. The maximum absolute atomic E-state index is 11.4. The average Bonchev–Trinajstić information content (AvgIpc) is 2.78. The summed E-state index contributed by atoms with van der Waals surface area (Å²) in [5, 5.41) is 26.3. The second-order valence-corrected chi connectivity index (χ2v) is 4.75. The molecule has 8 nitrogen and oxygen atoms in total. The first-order valence-electron chi connectivity index (χ1n) is 5.58. The lowest BCUT2D eigenvalue weighted by atomic mass is 10.2. The normalized spacial score (nSPS) is 10.2. The highest BCUT2D eigenvalue weighted by atomic mass is 32.2. The van der Waals surface area contributed by atoms with E-state index in [1.54, 1.807) is 13.0 Å². The van der Waals surface area contributed by atoms with Crippen LogP contribution in [-0.2, 0) is 6.54 Å². The van der Waals surface area contributed by atoms with Crippen LogP contribution >= 0.6 is 11.8 Å². The molecule has 0 radical (unpaired) electrons. The Morgan fingerprint density at radius 1 is 1.60 bits per heavy atom. The van der Waals surface area contributed by atoms with Gasteiger partial charge >= 0.3 is 5.69 Å². The van der Waals surface area contributed by atoms with E-state index in [9.17, 15) is 14.9 Å². The lowest BCUT2D eigenvalue weighted by molar-refractivity contribution is -0.385. The van der Waals surface area contributed by atoms with Gasteiger partial charge in [-0.05, 0) is 30.8 Å². The van der Waals surface area contributed by atoms with E-state index in [4.69, 9.17) is 5.26 Å². The van der Waals surface area contributed by atoms with Crippen LogP contribution in [0.25, 0.3) is 0 Å². The smallest absolute Gasteiger partial charge is 0.270 e. The van der Waals surface area contributed by atoms with Gasteiger partial charge in [0, 0.05) is 17.5 Å². The van der Waals surface area contributed by atoms with Crippen molar-refractivity contribution in [2.75, 3.05) is 0 Å². The van der Waals surface area contributed by atoms with Crippen LogP contribution in [0.15, 0.2) is 33.0 Å². The minimum atomic E-state index is -0.608. The number of nitro benzene ring substituents is 1. The number of nitrogens with zero attached hydrogens (tertiary/aromatic N) is 4. The zero-order valence-electron chi connectivity index (χ0n) is 10.4. The number of hydrogen-bond donors (Lipinski definition) is 1. The van der Waals surface area contributed by atoms with Crippen LogP contribution in [0.5, 0.6) is 0 Å². The largest absolute Gasteiger partial charge is 0.343 e. The van der Waals surface area contributed by atoms with Crippen LogP contribution in [0.4, 0.5) is 5.69 Å². The summed E-state index contributed by atoms with van der Waals surface area (Å²) in [4.78, 5) is 22.1. The van der Waals surface area contributed by atoms with Crippen molar-refractivity contribution in [2.45, 2.75) is 23.5 Å². The maximum Gasteiger partial charge on any atom is 0.343 e. The van der Waals surface area contributed by atoms with Crippen molar-refractivity contribution in [1.29, 1.82) is 5.26 Å². The third kappa shape index (κ3) is 2.55. The van der Waals surface area contributed by atoms with E-state index in [-0.39, 0.29) is 16.9 Å². The third-order valence-corrected chi connectivity index (χ3v) is 3.52. The molecule has 0 unspecified atom stereocenters. The Labute approximate surface area is 117 Å². The monoisotopic (exact) mass is 291 g/mol. The molecule has 20 heavy (non-hydrogen) atoms. The molecule has 1 N–H and O–H groups in total. The van der Waals surface area contributed by atoms with E-state index in [0.29, 0.717) is 16.6 Å². The summed E-state index contributed by atoms with van der Waals surface area (Å²) in [5.74, 6) is 0. The van der Waals surface area contributed by atoms with E-state index in [0.717, 1.165) is 11.8 Å². The van der Waals surface area contributed by atoms with Crippen LogP contribution < -0.4 is 5.69 Å². The first-order valence-corrected chi connectivity index (χ1v) is 6.40. The van der Waals surface area contributed by atoms with Gasteiger partial charge in [-0.1, -0.05) is 0 Å². The molecule has 0 saturated heterocycles. The van der Waals surface area contributed by atoms with Crippen molar-refractivity contribution in [3.05, 3.63) is 44.4 Å². The Morgan fingerprint density at radius 2 is 2.35 bits per heavy atom. The van der Waals surface area contributed by atoms with Crippen LogP contribution in [0.3, 0.4) is 0 Å². The molecule has 102 valence electrons. The molecule has 0 aliphatic rings. The van der Waals surface area contributed by atoms with E-state index in [1.165, 1.54) is 22.8 Å². The van der Waals surface area contributed by atoms with Gasteiger partial charge in [-0.25, -0.2) is 9.89 Å². The summed E-state index contributed by atoms with van der Waals surface area (Å²) < 4.78 is 1.43. The minimum absolute atomic E-state index is 0.0269. The van der Waals surface area contributed by atoms with Crippen LogP contribution in [0.2, 0.25) is 0 Å². The van der Waals surface area contributed by atoms with Crippen LogP contribution in [0, 0.1) is 21.4 Å². The summed E-state index contributed by atoms with van der Waals surface area (Å²) >= 11 is 1.16. The SMILES string of the molecule is CCn1c(Sc2ccc([N+](=O)[O-])c(C#N)c2)n[nH]c1=O. The lowest BCUT2D eigenvalue weighted by Gasteiger charge is -2.02. The number of nitrogens with one attached hydrogen (secondary N) is 1. The lowest BCUT2D eigenvalue weighted by Crippen LogP contribution is -2.15. The Kier molecular flexibility index (Phi) is 3.86. The molecule has 1 heterocycles. The van der Waals surface area contributed by atoms with Gasteiger partial charge in [-0.3, -0.25) is 14.7 Å². The number of nitriles is 1. The Hall–Kier alpha value is -2.60. The molecule has 2 aromatic rings. The average molecular weight is 291 g/mol. The molecular weight excluding hydrogens is 282 g/mol. The van der Waals surface area contributed by atoms with Gasteiger partial charge in [0.2, 0.25) is 0 Å². The molecule has 0 atom stereocenters. The van der Waals surface area contributed by atoms with Crippen molar-refractivity contribution in [2.24, 2.45) is 0 Å². The van der Waals surface area contributed by atoms with E-state index in [2.05, 4.69) is 10.2 Å². The molecule has 0 aliphatic carbocycles. The quantitative estimate of drug-likeness (QED) is 0.674. The molecule has 0 bridgehead atoms. The second-order valence-electron chi connectivity index (χ2n) is 3.71.